The Morgan fingerprint density at radius 2 is 1.81 bits per heavy atom. The van der Waals surface area contributed by atoms with Gasteiger partial charge in [-0.25, -0.2) is 0 Å². The SMILES string of the molecule is NCCNC(=O)CNC(=O)c1ccccc1. The molecule has 1 rings (SSSR count). The zero-order valence-corrected chi connectivity index (χ0v) is 8.90. The van der Waals surface area contributed by atoms with Gasteiger partial charge in [0.2, 0.25) is 5.91 Å². The molecule has 0 spiro atoms. The van der Waals surface area contributed by atoms with Gasteiger partial charge in [-0.2, -0.15) is 0 Å². The highest BCUT2D eigenvalue weighted by Crippen LogP contribution is 1.96. The first-order chi connectivity index (χ1) is 7.74. The number of amides is 2. The van der Waals surface area contributed by atoms with E-state index in [2.05, 4.69) is 10.6 Å². The Morgan fingerprint density at radius 1 is 1.12 bits per heavy atom. The molecular formula is C11H15N3O2. The second kappa shape index (κ2) is 6.58. The number of carbonyl (C=O) groups excluding carboxylic acids is 2. The van der Waals surface area contributed by atoms with E-state index in [0.29, 0.717) is 18.7 Å². The first-order valence-electron chi connectivity index (χ1n) is 5.04. The van der Waals surface area contributed by atoms with E-state index in [1.54, 1.807) is 24.3 Å². The van der Waals surface area contributed by atoms with E-state index in [4.69, 9.17) is 5.73 Å². The molecule has 0 bridgehead atoms. The van der Waals surface area contributed by atoms with Crippen molar-refractivity contribution in [2.24, 2.45) is 5.73 Å². The van der Waals surface area contributed by atoms with Crippen molar-refractivity contribution in [1.29, 1.82) is 0 Å². The summed E-state index contributed by atoms with van der Waals surface area (Å²) in [5.41, 5.74) is 5.76. The molecule has 4 N–H and O–H groups in total. The lowest BCUT2D eigenvalue weighted by Gasteiger charge is -2.05. The molecule has 0 saturated carbocycles. The quantitative estimate of drug-likeness (QED) is 0.626. The Kier molecular flexibility index (Phi) is 5.01. The first kappa shape index (κ1) is 12.2. The van der Waals surface area contributed by atoms with Gasteiger partial charge >= 0.3 is 0 Å². The average Bonchev–Trinajstić information content (AvgIpc) is 2.34. The molecule has 0 unspecified atom stereocenters. The van der Waals surface area contributed by atoms with Gasteiger partial charge in [-0.1, -0.05) is 18.2 Å². The van der Waals surface area contributed by atoms with E-state index >= 15 is 0 Å². The summed E-state index contributed by atoms with van der Waals surface area (Å²) in [6.45, 7) is 0.770. The summed E-state index contributed by atoms with van der Waals surface area (Å²) < 4.78 is 0. The van der Waals surface area contributed by atoms with Gasteiger partial charge in [-0.05, 0) is 12.1 Å². The molecule has 86 valence electrons. The zero-order chi connectivity index (χ0) is 11.8. The predicted molar refractivity (Wildman–Crippen MR) is 60.8 cm³/mol. The minimum Gasteiger partial charge on any atom is -0.353 e. The minimum atomic E-state index is -0.261. The van der Waals surface area contributed by atoms with Gasteiger partial charge in [0.1, 0.15) is 0 Å². The Balaban J connectivity index is 2.33. The zero-order valence-electron chi connectivity index (χ0n) is 8.90. The Hall–Kier alpha value is -1.88. The molecule has 0 heterocycles. The lowest BCUT2D eigenvalue weighted by molar-refractivity contribution is -0.120. The molecule has 0 aliphatic carbocycles. The van der Waals surface area contributed by atoms with E-state index in [9.17, 15) is 9.59 Å². The molecule has 0 atom stereocenters. The summed E-state index contributed by atoms with van der Waals surface area (Å²) >= 11 is 0. The summed E-state index contributed by atoms with van der Waals surface area (Å²) in [6, 6.07) is 8.73. The maximum atomic E-state index is 11.5. The third-order valence-electron chi connectivity index (χ3n) is 1.91. The van der Waals surface area contributed by atoms with Gasteiger partial charge in [0.05, 0.1) is 6.54 Å². The van der Waals surface area contributed by atoms with Crippen LogP contribution >= 0.6 is 0 Å². The largest absolute Gasteiger partial charge is 0.353 e. The molecule has 0 aliphatic rings. The number of nitrogens with two attached hydrogens (primary N) is 1. The fraction of sp³-hybridized carbons (Fsp3) is 0.273. The van der Waals surface area contributed by atoms with Crippen LogP contribution in [0, 0.1) is 0 Å². The van der Waals surface area contributed by atoms with Crippen LogP contribution in [0.25, 0.3) is 0 Å². The molecule has 0 fully saturated rings. The maximum absolute atomic E-state index is 11.5. The topological polar surface area (TPSA) is 84.2 Å². The predicted octanol–water partition coefficient (Wildman–Crippen LogP) is -0.509. The third-order valence-corrected chi connectivity index (χ3v) is 1.91. The highest BCUT2D eigenvalue weighted by atomic mass is 16.2. The molecule has 0 aromatic heterocycles. The van der Waals surface area contributed by atoms with Crippen molar-refractivity contribution >= 4 is 11.8 Å². The van der Waals surface area contributed by atoms with Crippen molar-refractivity contribution in [3.05, 3.63) is 35.9 Å². The second-order valence-corrected chi connectivity index (χ2v) is 3.19. The van der Waals surface area contributed by atoms with E-state index in [-0.39, 0.29) is 18.4 Å². The molecule has 2 amide bonds. The van der Waals surface area contributed by atoms with Gasteiger partial charge in [0.15, 0.2) is 0 Å². The fourth-order valence-electron chi connectivity index (χ4n) is 1.13. The van der Waals surface area contributed by atoms with Crippen LogP contribution in [-0.2, 0) is 4.79 Å². The van der Waals surface area contributed by atoms with Gasteiger partial charge in [-0.15, -0.1) is 0 Å². The summed E-state index contributed by atoms with van der Waals surface area (Å²) in [6.07, 6.45) is 0. The van der Waals surface area contributed by atoms with Gasteiger partial charge in [-0.3, -0.25) is 9.59 Å². The molecule has 0 radical (unpaired) electrons. The second-order valence-electron chi connectivity index (χ2n) is 3.19. The average molecular weight is 221 g/mol. The minimum absolute atomic E-state index is 0.0340. The van der Waals surface area contributed by atoms with Crippen molar-refractivity contribution in [1.82, 2.24) is 10.6 Å². The smallest absolute Gasteiger partial charge is 0.251 e. The Morgan fingerprint density at radius 3 is 2.44 bits per heavy atom. The van der Waals surface area contributed by atoms with Gasteiger partial charge in [0.25, 0.3) is 5.91 Å². The third kappa shape index (κ3) is 4.10. The number of rotatable bonds is 5. The van der Waals surface area contributed by atoms with E-state index in [0.717, 1.165) is 0 Å². The molecular weight excluding hydrogens is 206 g/mol. The van der Waals surface area contributed by atoms with Crippen molar-refractivity contribution in [3.63, 3.8) is 0 Å². The molecule has 1 aromatic carbocycles. The summed E-state index contributed by atoms with van der Waals surface area (Å²) in [5, 5.41) is 5.08. The molecule has 5 heteroatoms. The Bertz CT molecular complexity index is 352. The number of benzene rings is 1. The van der Waals surface area contributed by atoms with Crippen LogP contribution < -0.4 is 16.4 Å². The van der Waals surface area contributed by atoms with Crippen LogP contribution in [0.3, 0.4) is 0 Å². The van der Waals surface area contributed by atoms with Gasteiger partial charge < -0.3 is 16.4 Å². The van der Waals surface area contributed by atoms with Crippen LogP contribution in [0.1, 0.15) is 10.4 Å². The molecule has 0 aliphatic heterocycles. The maximum Gasteiger partial charge on any atom is 0.251 e. The first-order valence-corrected chi connectivity index (χ1v) is 5.04. The van der Waals surface area contributed by atoms with Crippen LogP contribution in [0.15, 0.2) is 30.3 Å². The lowest BCUT2D eigenvalue weighted by Crippen LogP contribution is -2.38. The molecule has 1 aromatic rings. The lowest BCUT2D eigenvalue weighted by atomic mass is 10.2. The van der Waals surface area contributed by atoms with Crippen LogP contribution in [-0.4, -0.2) is 31.4 Å². The number of hydrogen-bond acceptors (Lipinski definition) is 3. The van der Waals surface area contributed by atoms with Crippen LogP contribution in [0.5, 0.6) is 0 Å². The highest BCUT2D eigenvalue weighted by Gasteiger charge is 2.06. The monoisotopic (exact) mass is 221 g/mol. The standard InChI is InChI=1S/C11H15N3O2/c12-6-7-13-10(15)8-14-11(16)9-4-2-1-3-5-9/h1-5H,6-8,12H2,(H,13,15)(H,14,16). The van der Waals surface area contributed by atoms with Gasteiger partial charge in [0, 0.05) is 18.7 Å². The summed E-state index contributed by atoms with van der Waals surface area (Å²) in [7, 11) is 0. The Labute approximate surface area is 94.0 Å². The van der Waals surface area contributed by atoms with E-state index in [1.807, 2.05) is 6.07 Å². The highest BCUT2D eigenvalue weighted by molar-refractivity contribution is 5.96. The normalized spacial score (nSPS) is 9.56. The molecule has 0 saturated heterocycles. The van der Waals surface area contributed by atoms with Crippen molar-refractivity contribution < 1.29 is 9.59 Å². The number of nitrogens with one attached hydrogen (secondary N) is 2. The summed E-state index contributed by atoms with van der Waals surface area (Å²) in [4.78, 5) is 22.7. The van der Waals surface area contributed by atoms with Crippen LogP contribution in [0.2, 0.25) is 0 Å². The molecule has 5 nitrogen and oxygen atoms in total. The van der Waals surface area contributed by atoms with Crippen molar-refractivity contribution in [2.45, 2.75) is 0 Å². The number of hydrogen-bond donors (Lipinski definition) is 3. The van der Waals surface area contributed by atoms with E-state index < -0.39 is 0 Å². The van der Waals surface area contributed by atoms with Crippen molar-refractivity contribution in [2.75, 3.05) is 19.6 Å². The fourth-order valence-corrected chi connectivity index (χ4v) is 1.13. The molecule has 16 heavy (non-hydrogen) atoms. The van der Waals surface area contributed by atoms with Crippen molar-refractivity contribution in [3.8, 4) is 0 Å². The van der Waals surface area contributed by atoms with E-state index in [1.165, 1.54) is 0 Å². The summed E-state index contributed by atoms with van der Waals surface area (Å²) in [5.74, 6) is -0.502. The van der Waals surface area contributed by atoms with Crippen LogP contribution in [0.4, 0.5) is 0 Å². The number of carbonyl (C=O) groups is 2.